The number of aromatic hydroxyl groups is 1. The summed E-state index contributed by atoms with van der Waals surface area (Å²) in [6.45, 7) is 8.11. The van der Waals surface area contributed by atoms with Crippen LogP contribution in [-0.4, -0.2) is 20.5 Å². The molecule has 20 heavy (non-hydrogen) atoms. The number of phenolic OH excluding ortho intramolecular Hbond substituents is 1. The van der Waals surface area contributed by atoms with E-state index in [0.29, 0.717) is 5.75 Å². The first-order valence-electron chi connectivity index (χ1n) is 6.61. The number of aromatic amines is 1. The molecular weight excluding hydrogens is 250 g/mol. The second-order valence-corrected chi connectivity index (χ2v) is 5.22. The van der Waals surface area contributed by atoms with E-state index in [9.17, 15) is 5.11 Å². The number of fused-ring (bicyclic) bond motifs is 1. The molecule has 2 aromatic carbocycles. The standard InChI is InChI=1S/C16H17N3O/c1-8-9(2)11(4)16(20)14(10(8)3)12-6-5-7-13-15(12)18-19-17-13/h5-7,20H,1-4H3,(H,17,18,19). The van der Waals surface area contributed by atoms with Gasteiger partial charge in [-0.1, -0.05) is 12.1 Å². The van der Waals surface area contributed by atoms with E-state index in [0.717, 1.165) is 38.9 Å². The van der Waals surface area contributed by atoms with Crippen LogP contribution in [0.5, 0.6) is 5.75 Å². The highest BCUT2D eigenvalue weighted by Gasteiger charge is 2.18. The minimum Gasteiger partial charge on any atom is -0.507 e. The van der Waals surface area contributed by atoms with Crippen LogP contribution in [-0.2, 0) is 0 Å². The Balaban J connectivity index is 2.44. The van der Waals surface area contributed by atoms with Crippen molar-refractivity contribution in [3.05, 3.63) is 40.5 Å². The van der Waals surface area contributed by atoms with Gasteiger partial charge in [0.15, 0.2) is 0 Å². The van der Waals surface area contributed by atoms with Gasteiger partial charge in [-0.3, -0.25) is 0 Å². The predicted molar refractivity (Wildman–Crippen MR) is 79.9 cm³/mol. The molecule has 0 aliphatic carbocycles. The molecule has 3 rings (SSSR count). The monoisotopic (exact) mass is 267 g/mol. The number of H-pyrrole nitrogens is 1. The SMILES string of the molecule is Cc1c(C)c(C)c(-c2cccc3n[nH]nc23)c(O)c1C. The Hall–Kier alpha value is -2.36. The second-order valence-electron chi connectivity index (χ2n) is 5.22. The second kappa shape index (κ2) is 4.34. The van der Waals surface area contributed by atoms with Gasteiger partial charge in [-0.15, -0.1) is 0 Å². The number of nitrogens with one attached hydrogen (secondary N) is 1. The van der Waals surface area contributed by atoms with E-state index in [1.165, 1.54) is 5.56 Å². The number of phenols is 1. The highest BCUT2D eigenvalue weighted by Crippen LogP contribution is 2.40. The zero-order valence-corrected chi connectivity index (χ0v) is 12.1. The predicted octanol–water partition coefficient (Wildman–Crippen LogP) is 3.56. The van der Waals surface area contributed by atoms with E-state index >= 15 is 0 Å². The Morgan fingerprint density at radius 1 is 0.900 bits per heavy atom. The van der Waals surface area contributed by atoms with Crippen LogP contribution < -0.4 is 0 Å². The summed E-state index contributed by atoms with van der Waals surface area (Å²) in [5.41, 5.74) is 7.70. The van der Waals surface area contributed by atoms with E-state index < -0.39 is 0 Å². The van der Waals surface area contributed by atoms with Gasteiger partial charge in [0.25, 0.3) is 0 Å². The highest BCUT2D eigenvalue weighted by atomic mass is 16.3. The number of aromatic nitrogens is 3. The maximum atomic E-state index is 10.6. The molecule has 0 saturated heterocycles. The quantitative estimate of drug-likeness (QED) is 0.708. The Morgan fingerprint density at radius 3 is 2.35 bits per heavy atom. The van der Waals surface area contributed by atoms with Gasteiger partial charge in [-0.05, 0) is 56.0 Å². The van der Waals surface area contributed by atoms with Crippen LogP contribution in [0.15, 0.2) is 18.2 Å². The highest BCUT2D eigenvalue weighted by molar-refractivity contribution is 5.94. The topological polar surface area (TPSA) is 61.8 Å². The van der Waals surface area contributed by atoms with Crippen LogP contribution in [0.25, 0.3) is 22.2 Å². The Bertz CT molecular complexity index is 789. The van der Waals surface area contributed by atoms with Crippen LogP contribution >= 0.6 is 0 Å². The van der Waals surface area contributed by atoms with Crippen LogP contribution in [0, 0.1) is 27.7 Å². The van der Waals surface area contributed by atoms with Crippen molar-refractivity contribution in [2.45, 2.75) is 27.7 Å². The summed E-state index contributed by atoms with van der Waals surface area (Å²) in [6.07, 6.45) is 0. The molecular formula is C16H17N3O. The molecule has 0 radical (unpaired) electrons. The van der Waals surface area contributed by atoms with Crippen molar-refractivity contribution >= 4 is 11.0 Å². The van der Waals surface area contributed by atoms with E-state index in [4.69, 9.17) is 0 Å². The van der Waals surface area contributed by atoms with Crippen molar-refractivity contribution in [1.29, 1.82) is 0 Å². The lowest BCUT2D eigenvalue weighted by Gasteiger charge is -2.17. The number of benzene rings is 2. The molecule has 0 unspecified atom stereocenters. The molecule has 4 heteroatoms. The van der Waals surface area contributed by atoms with Gasteiger partial charge >= 0.3 is 0 Å². The molecule has 0 saturated carbocycles. The first kappa shape index (κ1) is 12.7. The fourth-order valence-corrected chi connectivity index (χ4v) is 2.69. The Labute approximate surface area is 117 Å². The van der Waals surface area contributed by atoms with Gasteiger partial charge in [0.05, 0.1) is 0 Å². The van der Waals surface area contributed by atoms with Crippen molar-refractivity contribution < 1.29 is 5.11 Å². The zero-order chi connectivity index (χ0) is 14.4. The minimum atomic E-state index is 0.334. The lowest BCUT2D eigenvalue weighted by molar-refractivity contribution is 0.472. The van der Waals surface area contributed by atoms with Gasteiger partial charge in [-0.25, -0.2) is 0 Å². The van der Waals surface area contributed by atoms with Crippen molar-refractivity contribution in [2.75, 3.05) is 0 Å². The first-order chi connectivity index (χ1) is 9.52. The lowest BCUT2D eigenvalue weighted by Crippen LogP contribution is -1.96. The van der Waals surface area contributed by atoms with E-state index in [1.54, 1.807) is 0 Å². The lowest BCUT2D eigenvalue weighted by atomic mass is 9.89. The van der Waals surface area contributed by atoms with Gasteiger partial charge < -0.3 is 5.11 Å². The van der Waals surface area contributed by atoms with E-state index in [2.05, 4.69) is 22.3 Å². The number of hydrogen-bond donors (Lipinski definition) is 2. The molecule has 0 fully saturated rings. The van der Waals surface area contributed by atoms with Crippen molar-refractivity contribution in [3.63, 3.8) is 0 Å². The number of rotatable bonds is 1. The molecule has 102 valence electrons. The number of para-hydroxylation sites is 1. The van der Waals surface area contributed by atoms with Crippen LogP contribution in [0.1, 0.15) is 22.3 Å². The fraction of sp³-hybridized carbons (Fsp3) is 0.250. The third kappa shape index (κ3) is 1.61. The fourth-order valence-electron chi connectivity index (χ4n) is 2.69. The molecule has 2 N–H and O–H groups in total. The Kier molecular flexibility index (Phi) is 2.74. The van der Waals surface area contributed by atoms with Crippen LogP contribution in [0.2, 0.25) is 0 Å². The van der Waals surface area contributed by atoms with Gasteiger partial charge in [0.2, 0.25) is 0 Å². The number of hydrogen-bond acceptors (Lipinski definition) is 3. The normalized spacial score (nSPS) is 11.2. The van der Waals surface area contributed by atoms with E-state index in [-0.39, 0.29) is 0 Å². The molecule has 0 spiro atoms. The van der Waals surface area contributed by atoms with Crippen molar-refractivity contribution in [3.8, 4) is 16.9 Å². The van der Waals surface area contributed by atoms with Gasteiger partial charge in [-0.2, -0.15) is 15.4 Å². The average Bonchev–Trinajstić information content (AvgIpc) is 2.92. The first-order valence-corrected chi connectivity index (χ1v) is 6.61. The molecule has 1 aromatic heterocycles. The summed E-state index contributed by atoms with van der Waals surface area (Å²) in [6, 6.07) is 5.81. The summed E-state index contributed by atoms with van der Waals surface area (Å²) < 4.78 is 0. The van der Waals surface area contributed by atoms with Crippen molar-refractivity contribution in [2.24, 2.45) is 0 Å². The van der Waals surface area contributed by atoms with Crippen molar-refractivity contribution in [1.82, 2.24) is 15.4 Å². The Morgan fingerprint density at radius 2 is 1.60 bits per heavy atom. The molecule has 0 amide bonds. The third-order valence-corrected chi connectivity index (χ3v) is 4.27. The smallest absolute Gasteiger partial charge is 0.126 e. The molecule has 0 aliphatic rings. The maximum absolute atomic E-state index is 10.6. The molecule has 1 heterocycles. The van der Waals surface area contributed by atoms with Gasteiger partial charge in [0.1, 0.15) is 16.8 Å². The zero-order valence-electron chi connectivity index (χ0n) is 12.1. The number of nitrogens with zero attached hydrogens (tertiary/aromatic N) is 2. The minimum absolute atomic E-state index is 0.334. The van der Waals surface area contributed by atoms with Crippen LogP contribution in [0.3, 0.4) is 0 Å². The summed E-state index contributed by atoms with van der Waals surface area (Å²) >= 11 is 0. The molecule has 0 aliphatic heterocycles. The largest absolute Gasteiger partial charge is 0.507 e. The van der Waals surface area contributed by atoms with E-state index in [1.807, 2.05) is 39.0 Å². The molecule has 3 aromatic rings. The molecule has 4 nitrogen and oxygen atoms in total. The summed E-state index contributed by atoms with van der Waals surface area (Å²) in [7, 11) is 0. The molecule has 0 bridgehead atoms. The maximum Gasteiger partial charge on any atom is 0.126 e. The van der Waals surface area contributed by atoms with Crippen LogP contribution in [0.4, 0.5) is 0 Å². The van der Waals surface area contributed by atoms with Gasteiger partial charge in [0, 0.05) is 11.1 Å². The summed E-state index contributed by atoms with van der Waals surface area (Å²) in [4.78, 5) is 0. The third-order valence-electron chi connectivity index (χ3n) is 4.27. The summed E-state index contributed by atoms with van der Waals surface area (Å²) in [5.74, 6) is 0.334. The summed E-state index contributed by atoms with van der Waals surface area (Å²) in [5, 5.41) is 21.5. The average molecular weight is 267 g/mol. The molecule has 0 atom stereocenters.